The fraction of sp³-hybridized carbons (Fsp3) is 0.0714. The van der Waals surface area contributed by atoms with E-state index in [-0.39, 0.29) is 10.6 Å². The molecule has 1 amide bonds. The molecule has 20 heavy (non-hydrogen) atoms. The second-order valence-corrected chi connectivity index (χ2v) is 5.25. The largest absolute Gasteiger partial charge is 0.495 e. The van der Waals surface area contributed by atoms with Gasteiger partial charge < -0.3 is 10.1 Å². The molecule has 0 saturated carbocycles. The normalized spacial score (nSPS) is 10.2. The van der Waals surface area contributed by atoms with E-state index >= 15 is 0 Å². The van der Waals surface area contributed by atoms with E-state index in [1.165, 1.54) is 19.2 Å². The van der Waals surface area contributed by atoms with Crippen molar-refractivity contribution in [1.29, 1.82) is 0 Å². The molecule has 2 aromatic rings. The van der Waals surface area contributed by atoms with Gasteiger partial charge in [0.15, 0.2) is 0 Å². The van der Waals surface area contributed by atoms with Gasteiger partial charge in [0.1, 0.15) is 11.6 Å². The SMILES string of the molecule is COc1ccc(Br)cc1NC(=O)c1ccc(Cl)c(F)c1. The number of amides is 1. The first kappa shape index (κ1) is 14.8. The Kier molecular flexibility index (Phi) is 4.62. The predicted octanol–water partition coefficient (Wildman–Crippen LogP) is 4.50. The van der Waals surface area contributed by atoms with Gasteiger partial charge in [0.25, 0.3) is 5.91 Å². The van der Waals surface area contributed by atoms with Gasteiger partial charge in [-0.3, -0.25) is 4.79 Å². The lowest BCUT2D eigenvalue weighted by atomic mass is 10.2. The zero-order chi connectivity index (χ0) is 14.7. The van der Waals surface area contributed by atoms with Crippen molar-refractivity contribution in [2.75, 3.05) is 12.4 Å². The molecule has 104 valence electrons. The van der Waals surface area contributed by atoms with Crippen molar-refractivity contribution >= 4 is 39.1 Å². The van der Waals surface area contributed by atoms with Crippen LogP contribution < -0.4 is 10.1 Å². The Balaban J connectivity index is 2.27. The number of carbonyl (C=O) groups excluding carboxylic acids is 1. The Labute approximate surface area is 128 Å². The van der Waals surface area contributed by atoms with Gasteiger partial charge in [0.05, 0.1) is 17.8 Å². The summed E-state index contributed by atoms with van der Waals surface area (Å²) in [6.45, 7) is 0. The molecule has 0 bridgehead atoms. The summed E-state index contributed by atoms with van der Waals surface area (Å²) in [5.41, 5.74) is 0.663. The van der Waals surface area contributed by atoms with Crippen LogP contribution in [0.4, 0.5) is 10.1 Å². The molecule has 0 aliphatic heterocycles. The maximum absolute atomic E-state index is 13.3. The summed E-state index contributed by atoms with van der Waals surface area (Å²) in [6.07, 6.45) is 0. The van der Waals surface area contributed by atoms with Crippen molar-refractivity contribution in [3.63, 3.8) is 0 Å². The number of anilines is 1. The number of ether oxygens (including phenoxy) is 1. The third-order valence-electron chi connectivity index (χ3n) is 2.59. The van der Waals surface area contributed by atoms with E-state index < -0.39 is 11.7 Å². The highest BCUT2D eigenvalue weighted by molar-refractivity contribution is 9.10. The third kappa shape index (κ3) is 3.29. The Hall–Kier alpha value is -1.59. The zero-order valence-corrected chi connectivity index (χ0v) is 12.8. The molecule has 6 heteroatoms. The van der Waals surface area contributed by atoms with Crippen molar-refractivity contribution in [3.8, 4) is 5.75 Å². The van der Waals surface area contributed by atoms with E-state index in [0.29, 0.717) is 11.4 Å². The third-order valence-corrected chi connectivity index (χ3v) is 3.39. The number of rotatable bonds is 3. The first-order valence-corrected chi connectivity index (χ1v) is 6.78. The number of hydrogen-bond donors (Lipinski definition) is 1. The summed E-state index contributed by atoms with van der Waals surface area (Å²) < 4.78 is 19.3. The topological polar surface area (TPSA) is 38.3 Å². The van der Waals surface area contributed by atoms with Crippen LogP contribution in [0.5, 0.6) is 5.75 Å². The standard InChI is InChI=1S/C14H10BrClFNO2/c1-20-13-5-3-9(15)7-12(13)18-14(19)8-2-4-10(16)11(17)6-8/h2-7H,1H3,(H,18,19). The molecule has 1 N–H and O–H groups in total. The molecule has 0 unspecified atom stereocenters. The van der Waals surface area contributed by atoms with Crippen LogP contribution in [-0.2, 0) is 0 Å². The van der Waals surface area contributed by atoms with E-state index in [4.69, 9.17) is 16.3 Å². The van der Waals surface area contributed by atoms with Crippen molar-refractivity contribution in [2.45, 2.75) is 0 Å². The lowest BCUT2D eigenvalue weighted by molar-refractivity contribution is 0.102. The van der Waals surface area contributed by atoms with E-state index in [2.05, 4.69) is 21.2 Å². The summed E-state index contributed by atoms with van der Waals surface area (Å²) in [5, 5.41) is 2.64. The van der Waals surface area contributed by atoms with Crippen LogP contribution in [0.15, 0.2) is 40.9 Å². The number of carbonyl (C=O) groups is 1. The van der Waals surface area contributed by atoms with E-state index in [0.717, 1.165) is 10.5 Å². The van der Waals surface area contributed by atoms with Gasteiger partial charge in [-0.1, -0.05) is 27.5 Å². The molecule has 0 spiro atoms. The first-order valence-electron chi connectivity index (χ1n) is 5.61. The average Bonchev–Trinajstić information content (AvgIpc) is 2.42. The summed E-state index contributed by atoms with van der Waals surface area (Å²) in [7, 11) is 1.50. The van der Waals surface area contributed by atoms with Crippen LogP contribution in [0, 0.1) is 5.82 Å². The highest BCUT2D eigenvalue weighted by Gasteiger charge is 2.12. The van der Waals surface area contributed by atoms with Gasteiger partial charge in [0, 0.05) is 10.0 Å². The van der Waals surface area contributed by atoms with Gasteiger partial charge in [-0.05, 0) is 36.4 Å². The van der Waals surface area contributed by atoms with Gasteiger partial charge >= 0.3 is 0 Å². The summed E-state index contributed by atoms with van der Waals surface area (Å²) in [4.78, 5) is 12.1. The summed E-state index contributed by atoms with van der Waals surface area (Å²) >= 11 is 8.89. The molecule has 0 atom stereocenters. The molecule has 3 nitrogen and oxygen atoms in total. The van der Waals surface area contributed by atoms with Crippen LogP contribution in [-0.4, -0.2) is 13.0 Å². The van der Waals surface area contributed by atoms with Gasteiger partial charge in [-0.2, -0.15) is 0 Å². The number of nitrogens with one attached hydrogen (secondary N) is 1. The number of benzene rings is 2. The predicted molar refractivity (Wildman–Crippen MR) is 80.1 cm³/mol. The van der Waals surface area contributed by atoms with Crippen LogP contribution >= 0.6 is 27.5 Å². The monoisotopic (exact) mass is 357 g/mol. The second kappa shape index (κ2) is 6.24. The van der Waals surface area contributed by atoms with Gasteiger partial charge in [-0.25, -0.2) is 4.39 Å². The Morgan fingerprint density at radius 2 is 2.05 bits per heavy atom. The molecule has 2 rings (SSSR count). The van der Waals surface area contributed by atoms with E-state index in [1.54, 1.807) is 18.2 Å². The van der Waals surface area contributed by atoms with Gasteiger partial charge in [-0.15, -0.1) is 0 Å². The van der Waals surface area contributed by atoms with Gasteiger partial charge in [0.2, 0.25) is 0 Å². The maximum Gasteiger partial charge on any atom is 0.255 e. The minimum absolute atomic E-state index is 0.0263. The number of methoxy groups -OCH3 is 1. The molecule has 0 fully saturated rings. The highest BCUT2D eigenvalue weighted by Crippen LogP contribution is 2.28. The molecule has 0 heterocycles. The highest BCUT2D eigenvalue weighted by atomic mass is 79.9. The van der Waals surface area contributed by atoms with E-state index in [9.17, 15) is 9.18 Å². The molecule has 0 saturated heterocycles. The smallest absolute Gasteiger partial charge is 0.255 e. The van der Waals surface area contributed by atoms with Crippen molar-refractivity contribution in [2.24, 2.45) is 0 Å². The minimum atomic E-state index is -0.638. The second-order valence-electron chi connectivity index (χ2n) is 3.93. The van der Waals surface area contributed by atoms with Crippen molar-refractivity contribution in [3.05, 3.63) is 57.3 Å². The molecular formula is C14H10BrClFNO2. The molecular weight excluding hydrogens is 349 g/mol. The number of hydrogen-bond acceptors (Lipinski definition) is 2. The van der Waals surface area contributed by atoms with Crippen molar-refractivity contribution in [1.82, 2.24) is 0 Å². The molecule has 0 aliphatic rings. The maximum atomic E-state index is 13.3. The molecule has 0 radical (unpaired) electrons. The molecule has 0 aliphatic carbocycles. The Bertz CT molecular complexity index is 664. The van der Waals surface area contributed by atoms with E-state index in [1.807, 2.05) is 0 Å². The van der Waals surface area contributed by atoms with Crippen LogP contribution in [0.3, 0.4) is 0 Å². The molecule has 2 aromatic carbocycles. The van der Waals surface area contributed by atoms with Crippen molar-refractivity contribution < 1.29 is 13.9 Å². The quantitative estimate of drug-likeness (QED) is 0.877. The van der Waals surface area contributed by atoms with Crippen LogP contribution in [0.2, 0.25) is 5.02 Å². The minimum Gasteiger partial charge on any atom is -0.495 e. The van der Waals surface area contributed by atoms with Crippen LogP contribution in [0.1, 0.15) is 10.4 Å². The Morgan fingerprint density at radius 1 is 1.30 bits per heavy atom. The lowest BCUT2D eigenvalue weighted by Crippen LogP contribution is -2.13. The fourth-order valence-electron chi connectivity index (χ4n) is 1.61. The summed E-state index contributed by atoms with van der Waals surface area (Å²) in [5.74, 6) is -0.575. The lowest BCUT2D eigenvalue weighted by Gasteiger charge is -2.10. The number of halogens is 3. The Morgan fingerprint density at radius 3 is 2.70 bits per heavy atom. The zero-order valence-electron chi connectivity index (χ0n) is 10.4. The summed E-state index contributed by atoms with van der Waals surface area (Å²) in [6, 6.07) is 9.07. The molecule has 0 aromatic heterocycles. The average molecular weight is 359 g/mol. The first-order chi connectivity index (χ1) is 9.51. The fourth-order valence-corrected chi connectivity index (χ4v) is 2.09. The van der Waals surface area contributed by atoms with Crippen LogP contribution in [0.25, 0.3) is 0 Å².